The Morgan fingerprint density at radius 1 is 1.11 bits per heavy atom. The van der Waals surface area contributed by atoms with Gasteiger partial charge in [0, 0.05) is 27.9 Å². The number of thiophene rings is 1. The molecule has 0 saturated carbocycles. The summed E-state index contributed by atoms with van der Waals surface area (Å²) in [6.45, 7) is 7.16. The molecule has 5 nitrogen and oxygen atoms in total. The van der Waals surface area contributed by atoms with Crippen molar-refractivity contribution in [1.82, 2.24) is 15.0 Å². The van der Waals surface area contributed by atoms with Crippen LogP contribution >= 0.6 is 22.9 Å². The number of hydrogen-bond donors (Lipinski definition) is 2. The van der Waals surface area contributed by atoms with Gasteiger partial charge < -0.3 is 14.9 Å². The second kappa shape index (κ2) is 7.33. The average Bonchev–Trinajstić information content (AvgIpc) is 3.38. The van der Waals surface area contributed by atoms with Gasteiger partial charge in [-0.2, -0.15) is 0 Å². The Morgan fingerprint density at radius 3 is 2.63 bits per heavy atom. The van der Waals surface area contributed by atoms with Gasteiger partial charge in [0.15, 0.2) is 0 Å². The smallest absolute Gasteiger partial charge is 0.270 e. The number of pyridine rings is 1. The zero-order chi connectivity index (χ0) is 18.8. The first-order valence-corrected chi connectivity index (χ1v) is 9.26. The molecule has 0 spiro atoms. The molecular formula is C20H13ClN4OS. The van der Waals surface area contributed by atoms with Crippen LogP contribution in [0, 0.1) is 6.57 Å². The Morgan fingerprint density at radius 2 is 1.93 bits per heavy atom. The highest BCUT2D eigenvalue weighted by molar-refractivity contribution is 7.19. The summed E-state index contributed by atoms with van der Waals surface area (Å²) in [5, 5.41) is 11.6. The van der Waals surface area contributed by atoms with Gasteiger partial charge in [-0.3, -0.25) is 0 Å². The Kier molecular flexibility index (Phi) is 4.73. The fraction of sp³-hybridized carbons (Fsp3) is 0.0500. The maximum absolute atomic E-state index is 11.0. The van der Waals surface area contributed by atoms with Crippen molar-refractivity contribution in [2.24, 2.45) is 0 Å². The van der Waals surface area contributed by atoms with Crippen molar-refractivity contribution in [3.63, 3.8) is 0 Å². The number of H-pyrrole nitrogens is 1. The van der Waals surface area contributed by atoms with E-state index in [1.165, 1.54) is 11.3 Å². The minimum atomic E-state index is -0.825. The summed E-state index contributed by atoms with van der Waals surface area (Å²) in [6.07, 6.45) is 4.21. The fourth-order valence-electron chi connectivity index (χ4n) is 2.78. The largest absolute Gasteiger partial charge is 0.384 e. The number of imidazole rings is 1. The van der Waals surface area contributed by atoms with E-state index in [2.05, 4.69) is 19.8 Å². The van der Waals surface area contributed by atoms with Crippen LogP contribution < -0.4 is 0 Å². The lowest BCUT2D eigenvalue weighted by molar-refractivity contribution is 0.221. The van der Waals surface area contributed by atoms with Crippen LogP contribution in [0.1, 0.15) is 17.2 Å². The maximum Gasteiger partial charge on any atom is 0.270 e. The van der Waals surface area contributed by atoms with Gasteiger partial charge in [0.25, 0.3) is 5.82 Å². The van der Waals surface area contributed by atoms with Gasteiger partial charge in [0.1, 0.15) is 18.1 Å². The molecule has 4 aromatic rings. The van der Waals surface area contributed by atoms with Crippen LogP contribution in [0.2, 0.25) is 5.02 Å². The molecule has 0 radical (unpaired) electrons. The van der Waals surface area contributed by atoms with Crippen molar-refractivity contribution in [1.29, 1.82) is 0 Å². The second-order valence-electron chi connectivity index (χ2n) is 5.80. The molecule has 0 unspecified atom stereocenters. The molecular weight excluding hydrogens is 380 g/mol. The highest BCUT2D eigenvalue weighted by atomic mass is 35.5. The molecule has 7 heteroatoms. The predicted molar refractivity (Wildman–Crippen MR) is 107 cm³/mol. The van der Waals surface area contributed by atoms with E-state index < -0.39 is 6.10 Å². The van der Waals surface area contributed by atoms with Gasteiger partial charge in [0.2, 0.25) is 0 Å². The lowest BCUT2D eigenvalue weighted by atomic mass is 10.0. The maximum atomic E-state index is 11.0. The van der Waals surface area contributed by atoms with Crippen LogP contribution in [0.4, 0.5) is 5.82 Å². The molecule has 4 rings (SSSR count). The molecule has 3 aromatic heterocycles. The van der Waals surface area contributed by atoms with Crippen LogP contribution in [0.15, 0.2) is 61.1 Å². The molecule has 132 valence electrons. The monoisotopic (exact) mass is 392 g/mol. The number of halogens is 1. The quantitative estimate of drug-likeness (QED) is 0.451. The summed E-state index contributed by atoms with van der Waals surface area (Å²) in [5.74, 6) is 1.02. The van der Waals surface area contributed by atoms with Gasteiger partial charge in [-0.1, -0.05) is 30.3 Å². The Bertz CT molecular complexity index is 1110. The number of rotatable bonds is 4. The number of nitrogens with zero attached hydrogens (tertiary/aromatic N) is 3. The molecule has 3 heterocycles. The number of benzene rings is 1. The van der Waals surface area contributed by atoms with Crippen LogP contribution in [-0.4, -0.2) is 20.1 Å². The molecule has 0 aliphatic carbocycles. The minimum absolute atomic E-state index is 0.334. The number of hydrogen-bond acceptors (Lipinski definition) is 4. The third-order valence-electron chi connectivity index (χ3n) is 4.10. The van der Waals surface area contributed by atoms with E-state index in [0.29, 0.717) is 16.7 Å². The van der Waals surface area contributed by atoms with Gasteiger partial charge in [-0.05, 0) is 41.5 Å². The van der Waals surface area contributed by atoms with E-state index in [-0.39, 0.29) is 0 Å². The summed E-state index contributed by atoms with van der Waals surface area (Å²) in [6, 6.07) is 12.6. The van der Waals surface area contributed by atoms with E-state index in [9.17, 15) is 5.11 Å². The lowest BCUT2D eigenvalue weighted by Gasteiger charge is -2.11. The molecule has 1 aromatic carbocycles. The van der Waals surface area contributed by atoms with Crippen molar-refractivity contribution >= 4 is 28.8 Å². The number of aromatic nitrogens is 3. The van der Waals surface area contributed by atoms with Crippen LogP contribution in [0.3, 0.4) is 0 Å². The Hall–Kier alpha value is -2.98. The highest BCUT2D eigenvalue weighted by Crippen LogP contribution is 2.41. The number of nitrogens with one attached hydrogen (secondary N) is 1. The number of aliphatic hydroxyl groups is 1. The van der Waals surface area contributed by atoms with Crippen LogP contribution in [-0.2, 0) is 0 Å². The second-order valence-corrected chi connectivity index (χ2v) is 7.29. The number of aromatic amines is 1. The van der Waals surface area contributed by atoms with Gasteiger partial charge in [-0.25, -0.2) is 4.98 Å². The molecule has 0 saturated heterocycles. The summed E-state index contributed by atoms with van der Waals surface area (Å²) in [4.78, 5) is 16.6. The molecule has 0 aliphatic heterocycles. The van der Waals surface area contributed by atoms with Crippen molar-refractivity contribution in [3.05, 3.63) is 88.6 Å². The zero-order valence-corrected chi connectivity index (χ0v) is 15.5. The summed E-state index contributed by atoms with van der Waals surface area (Å²) in [5.41, 5.74) is 2.37. The predicted octanol–water partition coefficient (Wildman–Crippen LogP) is 5.49. The van der Waals surface area contributed by atoms with Crippen LogP contribution in [0.25, 0.3) is 26.0 Å². The Balaban J connectivity index is 1.83. The average molecular weight is 393 g/mol. The first kappa shape index (κ1) is 17.4. The lowest BCUT2D eigenvalue weighted by Crippen LogP contribution is -1.99. The highest BCUT2D eigenvalue weighted by Gasteiger charge is 2.21. The van der Waals surface area contributed by atoms with E-state index in [0.717, 1.165) is 26.4 Å². The molecule has 0 bridgehead atoms. The first-order chi connectivity index (χ1) is 13.2. The SMILES string of the molecule is [C-]#[N+]c1cc(-c2cc([C@@H](O)c3ccc(Cl)cc3)c(-c3ncc[nH]3)s2)ccn1. The molecule has 1 atom stereocenters. The van der Waals surface area contributed by atoms with E-state index in [1.807, 2.05) is 12.1 Å². The van der Waals surface area contributed by atoms with Crippen molar-refractivity contribution in [3.8, 4) is 21.1 Å². The standard InChI is InChI=1S/C20H13ClN4OS/c1-22-17-10-13(6-7-23-17)16-11-15(19(27-16)20-24-8-9-25-20)18(26)12-2-4-14(21)5-3-12/h2-11,18,26H,(H,24,25)/t18-/m0/s1. The third kappa shape index (κ3) is 3.49. The minimum Gasteiger partial charge on any atom is -0.384 e. The van der Waals surface area contributed by atoms with Gasteiger partial charge >= 0.3 is 0 Å². The zero-order valence-electron chi connectivity index (χ0n) is 13.9. The van der Waals surface area contributed by atoms with E-state index >= 15 is 0 Å². The van der Waals surface area contributed by atoms with E-state index in [4.69, 9.17) is 18.2 Å². The van der Waals surface area contributed by atoms with Crippen molar-refractivity contribution < 1.29 is 5.11 Å². The topological polar surface area (TPSA) is 66.2 Å². The molecule has 0 amide bonds. The number of aliphatic hydroxyl groups excluding tert-OH is 1. The van der Waals surface area contributed by atoms with Crippen molar-refractivity contribution in [2.45, 2.75) is 6.10 Å². The molecule has 2 N–H and O–H groups in total. The molecule has 0 aliphatic rings. The van der Waals surface area contributed by atoms with Crippen molar-refractivity contribution in [2.75, 3.05) is 0 Å². The van der Waals surface area contributed by atoms with Crippen LogP contribution in [0.5, 0.6) is 0 Å². The van der Waals surface area contributed by atoms with E-state index in [1.54, 1.807) is 48.9 Å². The summed E-state index contributed by atoms with van der Waals surface area (Å²) in [7, 11) is 0. The fourth-order valence-corrected chi connectivity index (χ4v) is 4.06. The third-order valence-corrected chi connectivity index (χ3v) is 5.56. The molecule has 0 fully saturated rings. The summed E-state index contributed by atoms with van der Waals surface area (Å²) < 4.78 is 0. The van der Waals surface area contributed by atoms with Gasteiger partial charge in [0.05, 0.1) is 4.88 Å². The summed E-state index contributed by atoms with van der Waals surface area (Å²) >= 11 is 7.47. The van der Waals surface area contributed by atoms with Gasteiger partial charge in [-0.15, -0.1) is 16.3 Å². The normalized spacial score (nSPS) is 11.9. The molecule has 27 heavy (non-hydrogen) atoms. The first-order valence-electron chi connectivity index (χ1n) is 8.06. The Labute approximate surface area is 164 Å².